The normalized spacial score (nSPS) is 16.3. The first kappa shape index (κ1) is 13.8. The van der Waals surface area contributed by atoms with Crippen LogP contribution in [0.3, 0.4) is 0 Å². The monoisotopic (exact) mass is 260 g/mol. The maximum Gasteiger partial charge on any atom is -0.00854 e. The van der Waals surface area contributed by atoms with Crippen LogP contribution in [-0.4, -0.2) is 18.0 Å². The van der Waals surface area contributed by atoms with Gasteiger partial charge in [0.15, 0.2) is 0 Å². The second-order valence-electron chi connectivity index (χ2n) is 6.29. The van der Waals surface area contributed by atoms with E-state index in [2.05, 4.69) is 57.8 Å². The highest BCUT2D eigenvalue weighted by molar-refractivity contribution is 7.58. The Hall–Kier alpha value is -0.610. The van der Waals surface area contributed by atoms with Crippen LogP contribution in [0.2, 0.25) is 0 Å². The van der Waals surface area contributed by atoms with Gasteiger partial charge in [0.1, 0.15) is 0 Å². The zero-order valence-corrected chi connectivity index (χ0v) is 13.1. The third-order valence-corrected chi connectivity index (χ3v) is 7.29. The molecule has 1 aliphatic rings. The average molecular weight is 260 g/mol. The van der Waals surface area contributed by atoms with Crippen molar-refractivity contribution in [2.75, 3.05) is 12.8 Å². The van der Waals surface area contributed by atoms with Gasteiger partial charge in [-0.2, -0.15) is 0 Å². The van der Waals surface area contributed by atoms with Crippen LogP contribution in [0.5, 0.6) is 0 Å². The zero-order valence-electron chi connectivity index (χ0n) is 12.2. The summed E-state index contributed by atoms with van der Waals surface area (Å²) in [6, 6.07) is 8.87. The van der Waals surface area contributed by atoms with E-state index in [0.717, 1.165) is 6.42 Å². The van der Waals surface area contributed by atoms with Gasteiger partial charge in [-0.15, -0.1) is 7.92 Å². The lowest BCUT2D eigenvalue weighted by Crippen LogP contribution is -2.12. The first-order valence-corrected chi connectivity index (χ1v) is 8.94. The SMILES string of the molecule is CP(CCCC1=CCc2ccccc21)C(C)(C)C. The van der Waals surface area contributed by atoms with Crippen LogP contribution in [0.15, 0.2) is 30.3 Å². The molecule has 0 aliphatic heterocycles. The Labute approximate surface area is 113 Å². The number of benzene rings is 1. The predicted molar refractivity (Wildman–Crippen MR) is 84.8 cm³/mol. The molecule has 0 N–H and O–H groups in total. The second-order valence-corrected chi connectivity index (χ2v) is 9.47. The molecule has 1 atom stereocenters. The van der Waals surface area contributed by atoms with Crippen molar-refractivity contribution in [3.05, 3.63) is 41.5 Å². The molecule has 0 saturated carbocycles. The molecular weight excluding hydrogens is 235 g/mol. The second kappa shape index (κ2) is 5.57. The molecule has 1 heteroatoms. The minimum Gasteiger partial charge on any atom is -0.104 e. The number of allylic oxidation sites excluding steroid dienone is 2. The summed E-state index contributed by atoms with van der Waals surface area (Å²) in [7, 11) is 0.164. The Morgan fingerprint density at radius 2 is 1.89 bits per heavy atom. The van der Waals surface area contributed by atoms with Crippen molar-refractivity contribution >= 4 is 13.5 Å². The molecule has 1 unspecified atom stereocenters. The van der Waals surface area contributed by atoms with Crippen molar-refractivity contribution in [3.63, 3.8) is 0 Å². The van der Waals surface area contributed by atoms with E-state index in [1.54, 1.807) is 5.57 Å². The molecule has 1 aliphatic carbocycles. The highest BCUT2D eigenvalue weighted by Gasteiger charge is 2.19. The molecule has 0 nitrogen and oxygen atoms in total. The van der Waals surface area contributed by atoms with Crippen LogP contribution in [0.1, 0.15) is 44.7 Å². The van der Waals surface area contributed by atoms with E-state index >= 15 is 0 Å². The van der Waals surface area contributed by atoms with Crippen molar-refractivity contribution in [2.45, 2.75) is 45.2 Å². The van der Waals surface area contributed by atoms with Gasteiger partial charge in [-0.1, -0.05) is 51.1 Å². The van der Waals surface area contributed by atoms with Gasteiger partial charge in [-0.25, -0.2) is 0 Å². The molecule has 0 aromatic heterocycles. The van der Waals surface area contributed by atoms with Crippen LogP contribution in [-0.2, 0) is 6.42 Å². The summed E-state index contributed by atoms with van der Waals surface area (Å²) in [4.78, 5) is 0. The Kier molecular flexibility index (Phi) is 4.28. The molecule has 98 valence electrons. The van der Waals surface area contributed by atoms with Crippen molar-refractivity contribution < 1.29 is 0 Å². The molecular formula is C17H25P. The van der Waals surface area contributed by atoms with Crippen molar-refractivity contribution in [2.24, 2.45) is 0 Å². The van der Waals surface area contributed by atoms with Gasteiger partial charge < -0.3 is 0 Å². The lowest BCUT2D eigenvalue weighted by atomic mass is 10.0. The summed E-state index contributed by atoms with van der Waals surface area (Å²) in [6.07, 6.45) is 7.59. The lowest BCUT2D eigenvalue weighted by Gasteiger charge is -2.28. The minimum atomic E-state index is 0.164. The third kappa shape index (κ3) is 3.23. The largest absolute Gasteiger partial charge is 0.104 e. The summed E-state index contributed by atoms with van der Waals surface area (Å²) in [6.45, 7) is 9.58. The van der Waals surface area contributed by atoms with Crippen molar-refractivity contribution in [1.29, 1.82) is 0 Å². The fraction of sp³-hybridized carbons (Fsp3) is 0.529. The van der Waals surface area contributed by atoms with E-state index in [-0.39, 0.29) is 7.92 Å². The smallest absolute Gasteiger partial charge is 0.00854 e. The highest BCUT2D eigenvalue weighted by atomic mass is 31.1. The van der Waals surface area contributed by atoms with Gasteiger partial charge in [0, 0.05) is 0 Å². The van der Waals surface area contributed by atoms with Crippen LogP contribution in [0.4, 0.5) is 0 Å². The van der Waals surface area contributed by atoms with E-state index in [1.807, 2.05) is 0 Å². The Bertz CT molecular complexity index is 437. The molecule has 0 bridgehead atoms. The Morgan fingerprint density at radius 1 is 1.17 bits per heavy atom. The van der Waals surface area contributed by atoms with Gasteiger partial charge in [0.2, 0.25) is 0 Å². The number of fused-ring (bicyclic) bond motifs is 1. The van der Waals surface area contributed by atoms with E-state index < -0.39 is 0 Å². The van der Waals surface area contributed by atoms with Crippen LogP contribution < -0.4 is 0 Å². The van der Waals surface area contributed by atoms with Gasteiger partial charge in [-0.05, 0) is 53.9 Å². The predicted octanol–water partition coefficient (Wildman–Crippen LogP) is 5.32. The van der Waals surface area contributed by atoms with Gasteiger partial charge in [0.05, 0.1) is 0 Å². The van der Waals surface area contributed by atoms with Gasteiger partial charge >= 0.3 is 0 Å². The summed E-state index contributed by atoms with van der Waals surface area (Å²) < 4.78 is 0. The van der Waals surface area contributed by atoms with Crippen molar-refractivity contribution in [3.8, 4) is 0 Å². The van der Waals surface area contributed by atoms with Crippen LogP contribution in [0, 0.1) is 0 Å². The Balaban J connectivity index is 1.86. The quantitative estimate of drug-likeness (QED) is 0.643. The molecule has 0 amide bonds. The highest BCUT2D eigenvalue weighted by Crippen LogP contribution is 2.46. The Morgan fingerprint density at radius 3 is 2.61 bits per heavy atom. The summed E-state index contributed by atoms with van der Waals surface area (Å²) in [5, 5.41) is 0.511. The maximum absolute atomic E-state index is 2.45. The van der Waals surface area contributed by atoms with E-state index in [0.29, 0.717) is 5.16 Å². The average Bonchev–Trinajstić information content (AvgIpc) is 2.71. The standard InChI is InChI=1S/C17H25P/c1-17(2,3)18(4)13-7-9-15-12-11-14-8-5-6-10-16(14)15/h5-6,8,10,12H,7,9,11,13H2,1-4H3. The topological polar surface area (TPSA) is 0 Å². The number of hydrogen-bond acceptors (Lipinski definition) is 0. The molecule has 0 spiro atoms. The zero-order chi connectivity index (χ0) is 13.2. The van der Waals surface area contributed by atoms with Crippen LogP contribution in [0.25, 0.3) is 5.57 Å². The first-order chi connectivity index (χ1) is 8.48. The third-order valence-electron chi connectivity index (χ3n) is 4.02. The number of hydrogen-bond donors (Lipinski definition) is 0. The van der Waals surface area contributed by atoms with Crippen molar-refractivity contribution in [1.82, 2.24) is 0 Å². The minimum absolute atomic E-state index is 0.164. The molecule has 1 aromatic rings. The summed E-state index contributed by atoms with van der Waals surface area (Å²) in [5.41, 5.74) is 4.61. The molecule has 0 heterocycles. The summed E-state index contributed by atoms with van der Waals surface area (Å²) in [5.74, 6) is 0. The van der Waals surface area contributed by atoms with E-state index in [4.69, 9.17) is 0 Å². The number of rotatable bonds is 4. The lowest BCUT2D eigenvalue weighted by molar-refractivity contribution is 0.778. The van der Waals surface area contributed by atoms with Crippen LogP contribution >= 0.6 is 7.92 Å². The molecule has 0 fully saturated rings. The fourth-order valence-corrected chi connectivity index (χ4v) is 3.74. The van der Waals surface area contributed by atoms with E-state index in [1.165, 1.54) is 30.1 Å². The maximum atomic E-state index is 2.45. The summed E-state index contributed by atoms with van der Waals surface area (Å²) >= 11 is 0. The molecule has 0 saturated heterocycles. The molecule has 2 rings (SSSR count). The van der Waals surface area contributed by atoms with Gasteiger partial charge in [0.25, 0.3) is 0 Å². The fourth-order valence-electron chi connectivity index (χ4n) is 2.43. The molecule has 1 aromatic carbocycles. The first-order valence-electron chi connectivity index (χ1n) is 6.97. The molecule has 0 radical (unpaired) electrons. The van der Waals surface area contributed by atoms with Gasteiger partial charge in [-0.3, -0.25) is 0 Å². The van der Waals surface area contributed by atoms with E-state index in [9.17, 15) is 0 Å². The molecule has 18 heavy (non-hydrogen) atoms.